The van der Waals surface area contributed by atoms with E-state index >= 15 is 0 Å². The third-order valence-electron chi connectivity index (χ3n) is 2.46. The summed E-state index contributed by atoms with van der Waals surface area (Å²) in [6.07, 6.45) is 1.09. The van der Waals surface area contributed by atoms with Crippen molar-refractivity contribution >= 4 is 29.0 Å². The predicted molar refractivity (Wildman–Crippen MR) is 76.2 cm³/mol. The maximum Gasteiger partial charge on any atom is 0.166 e. The normalized spacial score (nSPS) is 10.8. The summed E-state index contributed by atoms with van der Waals surface area (Å²) in [4.78, 5) is 12.1. The van der Waals surface area contributed by atoms with Crippen LogP contribution in [0.2, 0.25) is 5.02 Å². The third-order valence-corrected chi connectivity index (χ3v) is 3.14. The summed E-state index contributed by atoms with van der Waals surface area (Å²) < 4.78 is 5.67. The van der Waals surface area contributed by atoms with Crippen molar-refractivity contribution in [3.8, 4) is 5.75 Å². The highest BCUT2D eigenvalue weighted by Crippen LogP contribution is 2.28. The molecule has 0 amide bonds. The number of hydrogen-bond donors (Lipinski definition) is 0. The van der Waals surface area contributed by atoms with Gasteiger partial charge >= 0.3 is 0 Å². The Kier molecular flexibility index (Phi) is 5.97. The zero-order valence-electron chi connectivity index (χ0n) is 10.9. The molecule has 1 aromatic carbocycles. The van der Waals surface area contributed by atoms with Crippen LogP contribution < -0.4 is 4.74 Å². The van der Waals surface area contributed by atoms with Crippen molar-refractivity contribution in [3.05, 3.63) is 28.3 Å². The van der Waals surface area contributed by atoms with Crippen LogP contribution in [0.25, 0.3) is 0 Å². The largest absolute Gasteiger partial charge is 0.490 e. The van der Waals surface area contributed by atoms with Crippen molar-refractivity contribution in [1.29, 1.82) is 0 Å². The fourth-order valence-electron chi connectivity index (χ4n) is 1.59. The van der Waals surface area contributed by atoms with Gasteiger partial charge in [-0.15, -0.1) is 11.6 Å². The summed E-state index contributed by atoms with van der Waals surface area (Å²) >= 11 is 11.7. The van der Waals surface area contributed by atoms with Crippen LogP contribution >= 0.6 is 23.2 Å². The van der Waals surface area contributed by atoms with Gasteiger partial charge < -0.3 is 4.74 Å². The number of carbonyl (C=O) groups is 1. The molecule has 1 aromatic rings. The first-order valence-corrected chi connectivity index (χ1v) is 6.93. The molecule has 100 valence electrons. The van der Waals surface area contributed by atoms with E-state index in [0.29, 0.717) is 35.1 Å². The molecular formula is C14H18Cl2O2. The van der Waals surface area contributed by atoms with E-state index in [1.165, 1.54) is 0 Å². The van der Waals surface area contributed by atoms with Crippen LogP contribution in [-0.2, 0) is 0 Å². The molecule has 0 saturated heterocycles. The summed E-state index contributed by atoms with van der Waals surface area (Å²) in [5, 5.41) is 0.584. The van der Waals surface area contributed by atoms with Gasteiger partial charge in [0.05, 0.1) is 11.7 Å². The zero-order chi connectivity index (χ0) is 13.7. The first-order valence-electron chi connectivity index (χ1n) is 6.01. The molecule has 0 spiro atoms. The molecule has 0 atom stereocenters. The van der Waals surface area contributed by atoms with Crippen molar-refractivity contribution in [1.82, 2.24) is 0 Å². The van der Waals surface area contributed by atoms with Crippen LogP contribution in [0.15, 0.2) is 12.1 Å². The lowest BCUT2D eigenvalue weighted by molar-refractivity contribution is 0.0976. The molecule has 0 heterocycles. The zero-order valence-corrected chi connectivity index (χ0v) is 12.4. The van der Waals surface area contributed by atoms with Crippen LogP contribution in [0.1, 0.15) is 42.6 Å². The summed E-state index contributed by atoms with van der Waals surface area (Å²) in [5.41, 5.74) is 1.45. The van der Waals surface area contributed by atoms with Crippen LogP contribution in [-0.4, -0.2) is 17.8 Å². The molecule has 0 aliphatic carbocycles. The number of Topliss-reactive ketones (excluding diaryl/α,β-unsaturated/α-hetero) is 1. The number of hydrogen-bond acceptors (Lipinski definition) is 2. The van der Waals surface area contributed by atoms with E-state index in [0.717, 1.165) is 5.56 Å². The summed E-state index contributed by atoms with van der Waals surface area (Å²) in [7, 11) is 0. The molecule has 0 bridgehead atoms. The fourth-order valence-corrected chi connectivity index (χ4v) is 1.88. The monoisotopic (exact) mass is 288 g/mol. The van der Waals surface area contributed by atoms with Gasteiger partial charge in [-0.25, -0.2) is 0 Å². The Labute approximate surface area is 118 Å². The molecule has 0 unspecified atom stereocenters. The van der Waals surface area contributed by atoms with Crippen molar-refractivity contribution in [2.45, 2.75) is 39.7 Å². The lowest BCUT2D eigenvalue weighted by Crippen LogP contribution is -2.10. The number of rotatable bonds is 6. The van der Waals surface area contributed by atoms with Gasteiger partial charge in [0.2, 0.25) is 0 Å². The van der Waals surface area contributed by atoms with E-state index in [1.807, 2.05) is 26.8 Å². The number of benzene rings is 1. The number of alkyl halides is 1. The number of ketones is 1. The minimum atomic E-state index is 0.0187. The van der Waals surface area contributed by atoms with Crippen molar-refractivity contribution in [2.24, 2.45) is 0 Å². The molecule has 1 rings (SSSR count). The van der Waals surface area contributed by atoms with Gasteiger partial charge in [0, 0.05) is 17.3 Å². The van der Waals surface area contributed by atoms with Gasteiger partial charge in [-0.1, -0.05) is 11.6 Å². The highest BCUT2D eigenvalue weighted by atomic mass is 35.5. The second kappa shape index (κ2) is 7.01. The summed E-state index contributed by atoms with van der Waals surface area (Å²) in [6.45, 7) is 5.75. The topological polar surface area (TPSA) is 26.3 Å². The minimum absolute atomic E-state index is 0.0187. The molecule has 0 fully saturated rings. The average molecular weight is 289 g/mol. The molecular weight excluding hydrogens is 271 g/mol. The minimum Gasteiger partial charge on any atom is -0.490 e. The van der Waals surface area contributed by atoms with E-state index in [1.54, 1.807) is 6.07 Å². The molecule has 0 aliphatic heterocycles. The number of ether oxygens (including phenoxy) is 1. The van der Waals surface area contributed by atoms with Gasteiger partial charge in [0.1, 0.15) is 5.75 Å². The van der Waals surface area contributed by atoms with E-state index in [9.17, 15) is 4.79 Å². The van der Waals surface area contributed by atoms with Crippen LogP contribution in [0.5, 0.6) is 5.75 Å². The van der Waals surface area contributed by atoms with Crippen LogP contribution in [0, 0.1) is 6.92 Å². The number of aryl methyl sites for hydroxylation is 1. The Morgan fingerprint density at radius 1 is 1.39 bits per heavy atom. The van der Waals surface area contributed by atoms with Gasteiger partial charge in [0.25, 0.3) is 0 Å². The lowest BCUT2D eigenvalue weighted by Gasteiger charge is -2.15. The second-order valence-corrected chi connectivity index (χ2v) is 5.27. The molecule has 0 N–H and O–H groups in total. The van der Waals surface area contributed by atoms with Gasteiger partial charge in [-0.3, -0.25) is 4.79 Å². The summed E-state index contributed by atoms with van der Waals surface area (Å²) in [6, 6.07) is 3.50. The molecule has 0 aliphatic rings. The predicted octanol–water partition coefficient (Wildman–Crippen LogP) is 4.64. The highest BCUT2D eigenvalue weighted by molar-refractivity contribution is 6.31. The molecule has 2 nitrogen and oxygen atoms in total. The molecule has 0 saturated carbocycles. The maximum absolute atomic E-state index is 12.1. The first kappa shape index (κ1) is 15.3. The smallest absolute Gasteiger partial charge is 0.166 e. The third kappa shape index (κ3) is 4.18. The van der Waals surface area contributed by atoms with Crippen LogP contribution in [0.3, 0.4) is 0 Å². The first-order chi connectivity index (χ1) is 8.45. The Morgan fingerprint density at radius 2 is 2.06 bits per heavy atom. The number of halogens is 2. The van der Waals surface area contributed by atoms with Gasteiger partial charge in [-0.05, 0) is 44.9 Å². The Bertz CT molecular complexity index is 428. The maximum atomic E-state index is 12.1. The standard InChI is InChI=1S/C14H18Cl2O2/c1-9(2)18-14-7-10(3)12(16)8-11(14)13(17)5-4-6-15/h7-9H,4-6H2,1-3H3. The second-order valence-electron chi connectivity index (χ2n) is 4.48. The SMILES string of the molecule is Cc1cc(OC(C)C)c(C(=O)CCCCl)cc1Cl. The van der Waals surface area contributed by atoms with Crippen molar-refractivity contribution in [3.63, 3.8) is 0 Å². The lowest BCUT2D eigenvalue weighted by atomic mass is 10.0. The molecule has 4 heteroatoms. The molecule has 0 radical (unpaired) electrons. The summed E-state index contributed by atoms with van der Waals surface area (Å²) in [5.74, 6) is 1.10. The van der Waals surface area contributed by atoms with Crippen molar-refractivity contribution in [2.75, 3.05) is 5.88 Å². The fraction of sp³-hybridized carbons (Fsp3) is 0.500. The molecule has 18 heavy (non-hydrogen) atoms. The van der Waals surface area contributed by atoms with Gasteiger partial charge in [-0.2, -0.15) is 0 Å². The Balaban J connectivity index is 3.06. The average Bonchev–Trinajstić information content (AvgIpc) is 2.29. The Morgan fingerprint density at radius 3 is 2.61 bits per heavy atom. The molecule has 0 aromatic heterocycles. The van der Waals surface area contributed by atoms with E-state index in [2.05, 4.69) is 0 Å². The van der Waals surface area contributed by atoms with Crippen LogP contribution in [0.4, 0.5) is 0 Å². The number of carbonyl (C=O) groups excluding carboxylic acids is 1. The quantitative estimate of drug-likeness (QED) is 0.563. The van der Waals surface area contributed by atoms with E-state index in [-0.39, 0.29) is 11.9 Å². The van der Waals surface area contributed by atoms with E-state index in [4.69, 9.17) is 27.9 Å². The van der Waals surface area contributed by atoms with E-state index < -0.39 is 0 Å². The highest BCUT2D eigenvalue weighted by Gasteiger charge is 2.15. The van der Waals surface area contributed by atoms with Gasteiger partial charge in [0.15, 0.2) is 5.78 Å². The van der Waals surface area contributed by atoms with Crippen molar-refractivity contribution < 1.29 is 9.53 Å². The Hall–Kier alpha value is -0.730.